The van der Waals surface area contributed by atoms with Crippen LogP contribution < -0.4 is 24.4 Å². The largest absolute Gasteiger partial charge is 0.573 e. The Morgan fingerprint density at radius 2 is 1.95 bits per heavy atom. The van der Waals surface area contributed by atoms with E-state index in [4.69, 9.17) is 9.47 Å². The van der Waals surface area contributed by atoms with Crippen LogP contribution in [0.1, 0.15) is 12.0 Å². The van der Waals surface area contributed by atoms with Crippen LogP contribution in [0.25, 0.3) is 0 Å². The smallest absolute Gasteiger partial charge is 0.489 e. The second kappa shape index (κ2) is 10.1. The van der Waals surface area contributed by atoms with Crippen molar-refractivity contribution < 1.29 is 32.3 Å². The van der Waals surface area contributed by atoms with Crippen LogP contribution in [0.4, 0.5) is 24.8 Å². The SMILES string of the molecule is O=[N+]([O-])c1cn2c(n1)OCC(NCc1ccc(N3CCC(Oc4ccc(OC(F)(F)F)cc4)C3)nc1)C2. The summed E-state index contributed by atoms with van der Waals surface area (Å²) in [5.74, 6) is 0.747. The highest BCUT2D eigenvalue weighted by atomic mass is 19.4. The highest BCUT2D eigenvalue weighted by Gasteiger charge is 2.31. The Hall–Kier alpha value is -4.07. The number of ether oxygens (including phenoxy) is 3. The van der Waals surface area contributed by atoms with Gasteiger partial charge in [0.25, 0.3) is 0 Å². The van der Waals surface area contributed by atoms with Crippen LogP contribution in [0, 0.1) is 10.1 Å². The fourth-order valence-electron chi connectivity index (χ4n) is 4.22. The van der Waals surface area contributed by atoms with Crippen LogP contribution in [0.2, 0.25) is 0 Å². The van der Waals surface area contributed by atoms with Crippen LogP contribution in [-0.2, 0) is 13.1 Å². The molecule has 1 aromatic carbocycles. The quantitative estimate of drug-likeness (QED) is 0.353. The fraction of sp³-hybridized carbons (Fsp3) is 0.391. The molecule has 2 atom stereocenters. The number of anilines is 1. The number of fused-ring (bicyclic) bond motifs is 1. The van der Waals surface area contributed by atoms with Crippen LogP contribution in [0.5, 0.6) is 17.5 Å². The minimum Gasteiger partial charge on any atom is -0.489 e. The zero-order chi connectivity index (χ0) is 26.0. The number of pyridine rings is 1. The van der Waals surface area contributed by atoms with Gasteiger partial charge in [-0.2, -0.15) is 0 Å². The third-order valence-corrected chi connectivity index (χ3v) is 5.98. The minimum atomic E-state index is -4.73. The molecule has 1 fully saturated rings. The third kappa shape index (κ3) is 6.20. The summed E-state index contributed by atoms with van der Waals surface area (Å²) >= 11 is 0. The molecule has 14 heteroatoms. The molecule has 1 N–H and O–H groups in total. The second-order valence-electron chi connectivity index (χ2n) is 8.70. The van der Waals surface area contributed by atoms with E-state index in [0.29, 0.717) is 32.0 Å². The average molecular weight is 520 g/mol. The van der Waals surface area contributed by atoms with Gasteiger partial charge in [-0.3, -0.25) is 4.57 Å². The summed E-state index contributed by atoms with van der Waals surface area (Å²) in [6.45, 7) is 2.75. The van der Waals surface area contributed by atoms with Crippen molar-refractivity contribution in [2.24, 2.45) is 0 Å². The van der Waals surface area contributed by atoms with Crippen LogP contribution >= 0.6 is 0 Å². The molecule has 11 nitrogen and oxygen atoms in total. The maximum atomic E-state index is 12.3. The lowest BCUT2D eigenvalue weighted by Crippen LogP contribution is -2.41. The molecule has 0 saturated carbocycles. The molecule has 0 bridgehead atoms. The number of aromatic nitrogens is 3. The zero-order valence-electron chi connectivity index (χ0n) is 19.4. The van der Waals surface area contributed by atoms with Crippen LogP contribution in [0.3, 0.4) is 0 Å². The number of benzene rings is 1. The van der Waals surface area contributed by atoms with E-state index in [9.17, 15) is 23.3 Å². The van der Waals surface area contributed by atoms with Gasteiger partial charge in [0.05, 0.1) is 12.6 Å². The molecule has 37 heavy (non-hydrogen) atoms. The van der Waals surface area contributed by atoms with E-state index in [0.717, 1.165) is 24.3 Å². The van der Waals surface area contributed by atoms with Crippen LogP contribution in [-0.4, -0.2) is 57.7 Å². The second-order valence-corrected chi connectivity index (χ2v) is 8.70. The van der Waals surface area contributed by atoms with Gasteiger partial charge in [-0.05, 0) is 40.8 Å². The van der Waals surface area contributed by atoms with E-state index in [1.165, 1.54) is 30.5 Å². The molecule has 2 unspecified atom stereocenters. The van der Waals surface area contributed by atoms with E-state index in [2.05, 4.69) is 24.9 Å². The standard InChI is InChI=1S/C23H23F3N6O5/c24-23(25,26)37-18-4-2-17(3-5-18)36-19-7-8-30(12-19)20-6-1-15(10-28-20)9-27-16-11-31-13-21(32(33)34)29-22(31)35-14-16/h1-6,10,13,16,19,27H,7-9,11-12,14H2. The number of hydrogen-bond acceptors (Lipinski definition) is 9. The molecule has 2 aliphatic heterocycles. The van der Waals surface area contributed by atoms with Crippen molar-refractivity contribution >= 4 is 11.6 Å². The summed E-state index contributed by atoms with van der Waals surface area (Å²) < 4.78 is 53.8. The summed E-state index contributed by atoms with van der Waals surface area (Å²) in [5.41, 5.74) is 0.972. The van der Waals surface area contributed by atoms with Crippen molar-refractivity contribution in [2.75, 3.05) is 24.6 Å². The number of imidazole rings is 1. The molecule has 4 heterocycles. The fourth-order valence-corrected chi connectivity index (χ4v) is 4.22. The summed E-state index contributed by atoms with van der Waals surface area (Å²) in [4.78, 5) is 20.8. The van der Waals surface area contributed by atoms with Crippen molar-refractivity contribution in [2.45, 2.75) is 38.0 Å². The number of halogens is 3. The first-order valence-electron chi connectivity index (χ1n) is 11.5. The van der Waals surface area contributed by atoms with Crippen molar-refractivity contribution in [3.05, 3.63) is 64.5 Å². The lowest BCUT2D eigenvalue weighted by Gasteiger charge is -2.23. The predicted molar refractivity (Wildman–Crippen MR) is 124 cm³/mol. The van der Waals surface area contributed by atoms with Gasteiger partial charge in [-0.1, -0.05) is 6.07 Å². The molecule has 0 aliphatic carbocycles. The topological polar surface area (TPSA) is 117 Å². The van der Waals surface area contributed by atoms with E-state index in [1.807, 2.05) is 12.1 Å². The molecule has 2 aliphatic rings. The Morgan fingerprint density at radius 1 is 1.16 bits per heavy atom. The number of nitrogens with one attached hydrogen (secondary N) is 1. The monoisotopic (exact) mass is 520 g/mol. The minimum absolute atomic E-state index is 0.0356. The third-order valence-electron chi connectivity index (χ3n) is 5.98. The van der Waals surface area contributed by atoms with Gasteiger partial charge in [0, 0.05) is 37.2 Å². The molecular weight excluding hydrogens is 497 g/mol. The predicted octanol–water partition coefficient (Wildman–Crippen LogP) is 3.29. The molecule has 0 spiro atoms. The van der Waals surface area contributed by atoms with Gasteiger partial charge in [0.2, 0.25) is 0 Å². The summed E-state index contributed by atoms with van der Waals surface area (Å²) in [6, 6.07) is 9.47. The summed E-state index contributed by atoms with van der Waals surface area (Å²) in [5, 5.41) is 14.3. The van der Waals surface area contributed by atoms with Crippen molar-refractivity contribution in [3.63, 3.8) is 0 Å². The summed E-state index contributed by atoms with van der Waals surface area (Å²) in [6.07, 6.45) is -0.945. The van der Waals surface area contributed by atoms with Crippen molar-refractivity contribution in [1.82, 2.24) is 19.9 Å². The van der Waals surface area contributed by atoms with Crippen LogP contribution in [0.15, 0.2) is 48.8 Å². The highest BCUT2D eigenvalue weighted by molar-refractivity contribution is 5.41. The molecule has 196 valence electrons. The Morgan fingerprint density at radius 3 is 2.65 bits per heavy atom. The molecule has 0 radical (unpaired) electrons. The van der Waals surface area contributed by atoms with E-state index < -0.39 is 11.3 Å². The van der Waals surface area contributed by atoms with E-state index in [-0.39, 0.29) is 29.7 Å². The number of nitro groups is 1. The molecule has 2 aromatic heterocycles. The molecule has 1 saturated heterocycles. The number of alkyl halides is 3. The normalized spacial score (nSPS) is 19.3. The highest BCUT2D eigenvalue weighted by Crippen LogP contribution is 2.27. The van der Waals surface area contributed by atoms with Gasteiger partial charge in [-0.15, -0.1) is 13.2 Å². The number of hydrogen-bond donors (Lipinski definition) is 1. The molecule has 0 amide bonds. The van der Waals surface area contributed by atoms with E-state index in [1.54, 1.807) is 10.8 Å². The molecular formula is C23H23F3N6O5. The van der Waals surface area contributed by atoms with E-state index >= 15 is 0 Å². The van der Waals surface area contributed by atoms with Crippen molar-refractivity contribution in [1.29, 1.82) is 0 Å². The Bertz CT molecular complexity index is 1240. The number of nitrogens with zero attached hydrogens (tertiary/aromatic N) is 5. The zero-order valence-corrected chi connectivity index (χ0v) is 19.4. The summed E-state index contributed by atoms with van der Waals surface area (Å²) in [7, 11) is 0. The van der Waals surface area contributed by atoms with Gasteiger partial charge in [0.1, 0.15) is 36.2 Å². The molecule has 5 rings (SSSR count). The van der Waals surface area contributed by atoms with Gasteiger partial charge < -0.3 is 34.5 Å². The first-order valence-corrected chi connectivity index (χ1v) is 11.5. The Balaban J connectivity index is 1.09. The average Bonchev–Trinajstić information content (AvgIpc) is 3.50. The van der Waals surface area contributed by atoms with Gasteiger partial charge in [0.15, 0.2) is 0 Å². The molecule has 3 aromatic rings. The maximum absolute atomic E-state index is 12.3. The van der Waals surface area contributed by atoms with Gasteiger partial charge >= 0.3 is 18.2 Å². The van der Waals surface area contributed by atoms with Gasteiger partial charge in [-0.25, -0.2) is 4.98 Å². The first kappa shape index (κ1) is 24.6. The Labute approximate surface area is 208 Å². The maximum Gasteiger partial charge on any atom is 0.573 e. The lowest BCUT2D eigenvalue weighted by molar-refractivity contribution is -0.389. The lowest BCUT2D eigenvalue weighted by atomic mass is 10.2. The first-order chi connectivity index (χ1) is 17.7. The number of rotatable bonds is 8. The van der Waals surface area contributed by atoms with Crippen molar-refractivity contribution in [3.8, 4) is 17.5 Å². The Kier molecular flexibility index (Phi) is 6.74.